The molecule has 0 spiro atoms. The summed E-state index contributed by atoms with van der Waals surface area (Å²) in [6.07, 6.45) is 7.66. The Morgan fingerprint density at radius 2 is 1.50 bits per heavy atom. The Balaban J connectivity index is 1.46. The van der Waals surface area contributed by atoms with Gasteiger partial charge in [0, 0.05) is 26.1 Å². The second-order valence-electron chi connectivity index (χ2n) is 6.91. The molecule has 3 fully saturated rings. The van der Waals surface area contributed by atoms with E-state index in [0.717, 1.165) is 51.4 Å². The number of carbonyl (C=O) groups excluding carboxylic acids is 2. The summed E-state index contributed by atoms with van der Waals surface area (Å²) in [4.78, 5) is 26.3. The van der Waals surface area contributed by atoms with E-state index in [1.807, 2.05) is 4.90 Å². The number of esters is 1. The van der Waals surface area contributed by atoms with Crippen LogP contribution in [0.15, 0.2) is 0 Å². The topological polar surface area (TPSA) is 55.8 Å². The average molecular weight is 309 g/mol. The minimum absolute atomic E-state index is 0.0502. The SMILES string of the molecule is CO[C@@H]1CCCC[C@@H]1OC(=O)C1CCN(C(=O)C2CC2)CC1. The van der Waals surface area contributed by atoms with Crippen LogP contribution >= 0.6 is 0 Å². The molecule has 0 N–H and O–H groups in total. The van der Waals surface area contributed by atoms with E-state index in [9.17, 15) is 9.59 Å². The molecule has 0 bridgehead atoms. The van der Waals surface area contributed by atoms with Crippen molar-refractivity contribution in [2.45, 2.75) is 63.6 Å². The zero-order valence-corrected chi connectivity index (χ0v) is 13.5. The van der Waals surface area contributed by atoms with Crippen LogP contribution < -0.4 is 0 Å². The van der Waals surface area contributed by atoms with Gasteiger partial charge in [-0.05, 0) is 44.9 Å². The van der Waals surface area contributed by atoms with Crippen LogP contribution in [0.5, 0.6) is 0 Å². The number of hydrogen-bond donors (Lipinski definition) is 0. The number of carbonyl (C=O) groups is 2. The summed E-state index contributed by atoms with van der Waals surface area (Å²) < 4.78 is 11.2. The largest absolute Gasteiger partial charge is 0.459 e. The summed E-state index contributed by atoms with van der Waals surface area (Å²) in [5.41, 5.74) is 0. The van der Waals surface area contributed by atoms with E-state index < -0.39 is 0 Å². The van der Waals surface area contributed by atoms with Gasteiger partial charge in [-0.15, -0.1) is 0 Å². The quantitative estimate of drug-likeness (QED) is 0.747. The molecule has 3 aliphatic rings. The fourth-order valence-electron chi connectivity index (χ4n) is 3.64. The van der Waals surface area contributed by atoms with Crippen molar-refractivity contribution in [1.82, 2.24) is 4.90 Å². The van der Waals surface area contributed by atoms with Crippen LogP contribution in [0.1, 0.15) is 51.4 Å². The molecule has 0 radical (unpaired) electrons. The van der Waals surface area contributed by atoms with Crippen molar-refractivity contribution in [3.8, 4) is 0 Å². The molecular weight excluding hydrogens is 282 g/mol. The zero-order chi connectivity index (χ0) is 15.5. The van der Waals surface area contributed by atoms with E-state index in [0.29, 0.717) is 19.0 Å². The number of nitrogens with zero attached hydrogens (tertiary/aromatic N) is 1. The third-order valence-electron chi connectivity index (χ3n) is 5.28. The van der Waals surface area contributed by atoms with Gasteiger partial charge in [0.05, 0.1) is 12.0 Å². The third-order valence-corrected chi connectivity index (χ3v) is 5.28. The fraction of sp³-hybridized carbons (Fsp3) is 0.882. The van der Waals surface area contributed by atoms with Gasteiger partial charge in [0.25, 0.3) is 0 Å². The Morgan fingerprint density at radius 1 is 0.864 bits per heavy atom. The van der Waals surface area contributed by atoms with E-state index in [1.165, 1.54) is 0 Å². The molecule has 0 unspecified atom stereocenters. The Hall–Kier alpha value is -1.10. The summed E-state index contributed by atoms with van der Waals surface area (Å²) in [7, 11) is 1.69. The first kappa shape index (κ1) is 15.8. The van der Waals surface area contributed by atoms with Crippen LogP contribution in [0.25, 0.3) is 0 Å². The van der Waals surface area contributed by atoms with Crippen LogP contribution in [0, 0.1) is 11.8 Å². The van der Waals surface area contributed by atoms with E-state index in [1.54, 1.807) is 7.11 Å². The third kappa shape index (κ3) is 3.62. The maximum atomic E-state index is 12.4. The Kier molecular flexibility index (Phi) is 5.01. The highest BCUT2D eigenvalue weighted by Crippen LogP contribution is 2.33. The number of amides is 1. The molecular formula is C17H27NO4. The minimum atomic E-state index is -0.0903. The standard InChI is InChI=1S/C17H27NO4/c1-21-14-4-2-3-5-15(14)22-17(20)13-8-10-18(11-9-13)16(19)12-6-7-12/h12-15H,2-11H2,1H3/t14-,15+/m1/s1. The molecule has 2 atom stereocenters. The highest BCUT2D eigenvalue weighted by Gasteiger charge is 2.37. The van der Waals surface area contributed by atoms with E-state index in [2.05, 4.69) is 0 Å². The van der Waals surface area contributed by atoms with E-state index in [4.69, 9.17) is 9.47 Å². The van der Waals surface area contributed by atoms with Crippen molar-refractivity contribution >= 4 is 11.9 Å². The summed E-state index contributed by atoms with van der Waals surface area (Å²) >= 11 is 0. The van der Waals surface area contributed by atoms with Crippen molar-refractivity contribution in [3.05, 3.63) is 0 Å². The van der Waals surface area contributed by atoms with Crippen LogP contribution in [-0.4, -0.2) is 49.2 Å². The normalized spacial score (nSPS) is 30.1. The molecule has 2 aliphatic carbocycles. The molecule has 5 heteroatoms. The second-order valence-corrected chi connectivity index (χ2v) is 6.91. The van der Waals surface area contributed by atoms with Crippen molar-refractivity contribution in [1.29, 1.82) is 0 Å². The Morgan fingerprint density at radius 3 is 2.09 bits per heavy atom. The minimum Gasteiger partial charge on any atom is -0.459 e. The molecule has 0 aromatic heterocycles. The van der Waals surface area contributed by atoms with Gasteiger partial charge in [-0.3, -0.25) is 9.59 Å². The molecule has 0 aromatic rings. The lowest BCUT2D eigenvalue weighted by Crippen LogP contribution is -2.43. The number of rotatable bonds is 4. The first-order valence-corrected chi connectivity index (χ1v) is 8.71. The van der Waals surface area contributed by atoms with Gasteiger partial charge in [0.15, 0.2) is 0 Å². The molecule has 1 amide bonds. The monoisotopic (exact) mass is 309 g/mol. The molecule has 0 aromatic carbocycles. The van der Waals surface area contributed by atoms with Gasteiger partial charge < -0.3 is 14.4 Å². The van der Waals surface area contributed by atoms with Gasteiger partial charge in [0.2, 0.25) is 5.91 Å². The molecule has 1 aliphatic heterocycles. The predicted octanol–water partition coefficient (Wildman–Crippen LogP) is 2.14. The molecule has 2 saturated carbocycles. The van der Waals surface area contributed by atoms with Crippen LogP contribution in [0.2, 0.25) is 0 Å². The van der Waals surface area contributed by atoms with Crippen molar-refractivity contribution in [2.75, 3.05) is 20.2 Å². The van der Waals surface area contributed by atoms with E-state index in [-0.39, 0.29) is 30.0 Å². The summed E-state index contributed by atoms with van der Waals surface area (Å²) in [6, 6.07) is 0. The fourth-order valence-corrected chi connectivity index (χ4v) is 3.64. The van der Waals surface area contributed by atoms with Crippen molar-refractivity contribution < 1.29 is 19.1 Å². The summed E-state index contributed by atoms with van der Waals surface area (Å²) in [6.45, 7) is 1.40. The second kappa shape index (κ2) is 6.99. The highest BCUT2D eigenvalue weighted by molar-refractivity contribution is 5.81. The van der Waals surface area contributed by atoms with Gasteiger partial charge in [-0.1, -0.05) is 6.42 Å². The maximum absolute atomic E-state index is 12.4. The van der Waals surface area contributed by atoms with E-state index >= 15 is 0 Å². The number of ether oxygens (including phenoxy) is 2. The molecule has 3 rings (SSSR count). The van der Waals surface area contributed by atoms with Crippen LogP contribution in [0.4, 0.5) is 0 Å². The van der Waals surface area contributed by atoms with Crippen molar-refractivity contribution in [2.24, 2.45) is 11.8 Å². The lowest BCUT2D eigenvalue weighted by molar-refractivity contribution is -0.166. The number of likely N-dealkylation sites (tertiary alicyclic amines) is 1. The van der Waals surface area contributed by atoms with Gasteiger partial charge in [-0.2, -0.15) is 0 Å². The summed E-state index contributed by atoms with van der Waals surface area (Å²) in [5.74, 6) is 0.418. The first-order valence-electron chi connectivity index (χ1n) is 8.71. The number of piperidine rings is 1. The molecule has 5 nitrogen and oxygen atoms in total. The van der Waals surface area contributed by atoms with Crippen LogP contribution in [-0.2, 0) is 19.1 Å². The Bertz CT molecular complexity index is 413. The average Bonchev–Trinajstić information content (AvgIpc) is 3.40. The number of hydrogen-bond acceptors (Lipinski definition) is 4. The summed E-state index contributed by atoms with van der Waals surface area (Å²) in [5, 5.41) is 0. The predicted molar refractivity (Wildman–Crippen MR) is 81.2 cm³/mol. The maximum Gasteiger partial charge on any atom is 0.309 e. The lowest BCUT2D eigenvalue weighted by Gasteiger charge is -2.34. The first-order chi connectivity index (χ1) is 10.7. The van der Waals surface area contributed by atoms with Gasteiger partial charge in [-0.25, -0.2) is 0 Å². The van der Waals surface area contributed by atoms with Crippen LogP contribution in [0.3, 0.4) is 0 Å². The number of methoxy groups -OCH3 is 1. The van der Waals surface area contributed by atoms with Gasteiger partial charge in [0.1, 0.15) is 6.10 Å². The molecule has 1 saturated heterocycles. The molecule has 124 valence electrons. The van der Waals surface area contributed by atoms with Gasteiger partial charge >= 0.3 is 5.97 Å². The molecule has 1 heterocycles. The Labute approximate surface area is 132 Å². The molecule has 22 heavy (non-hydrogen) atoms. The highest BCUT2D eigenvalue weighted by atomic mass is 16.6. The smallest absolute Gasteiger partial charge is 0.309 e. The zero-order valence-electron chi connectivity index (χ0n) is 13.5. The van der Waals surface area contributed by atoms with Crippen molar-refractivity contribution in [3.63, 3.8) is 0 Å². The lowest BCUT2D eigenvalue weighted by atomic mass is 9.93.